The zero-order chi connectivity index (χ0) is 12.9. The van der Waals surface area contributed by atoms with E-state index in [-0.39, 0.29) is 17.9 Å². The van der Waals surface area contributed by atoms with Gasteiger partial charge in [-0.25, -0.2) is 0 Å². The van der Waals surface area contributed by atoms with E-state index in [0.717, 1.165) is 5.75 Å². The fourth-order valence-corrected chi connectivity index (χ4v) is 2.33. The third-order valence-corrected chi connectivity index (χ3v) is 4.29. The van der Waals surface area contributed by atoms with Crippen molar-refractivity contribution in [3.05, 3.63) is 0 Å². The molecule has 16 heavy (non-hydrogen) atoms. The van der Waals surface area contributed by atoms with Crippen molar-refractivity contribution in [2.75, 3.05) is 5.75 Å². The van der Waals surface area contributed by atoms with Gasteiger partial charge in [0.1, 0.15) is 0 Å². The predicted molar refractivity (Wildman–Crippen MR) is 73.8 cm³/mol. The van der Waals surface area contributed by atoms with Crippen molar-refractivity contribution in [1.29, 1.82) is 0 Å². The summed E-state index contributed by atoms with van der Waals surface area (Å²) in [5.41, 5.74) is 0.327. The first-order chi connectivity index (χ1) is 7.13. The minimum atomic E-state index is 0.0785. The smallest absolute Gasteiger partial charge is 0.224 e. The summed E-state index contributed by atoms with van der Waals surface area (Å²) in [6, 6.07) is 0.231. The molecule has 0 heterocycles. The molecule has 96 valence electrons. The molecule has 1 N–H and O–H groups in total. The highest BCUT2D eigenvalue weighted by Gasteiger charge is 2.22. The first-order valence-electron chi connectivity index (χ1n) is 6.05. The zero-order valence-corrected chi connectivity index (χ0v) is 12.6. The maximum atomic E-state index is 11.8. The SMILES string of the molecule is CC(C)NC(=O)C(C)C(C)SCC(C)(C)C. The van der Waals surface area contributed by atoms with Crippen LogP contribution in [0.3, 0.4) is 0 Å². The van der Waals surface area contributed by atoms with Gasteiger partial charge in [-0.15, -0.1) is 0 Å². The molecular weight excluding hydrogens is 218 g/mol. The van der Waals surface area contributed by atoms with Crippen LogP contribution in [0.5, 0.6) is 0 Å². The molecule has 0 spiro atoms. The van der Waals surface area contributed by atoms with E-state index in [4.69, 9.17) is 0 Å². The standard InChI is InChI=1S/C13H27NOS/c1-9(2)14-12(15)10(3)11(4)16-8-13(5,6)7/h9-11H,8H2,1-7H3,(H,14,15). The Bertz CT molecular complexity index is 220. The molecule has 0 aliphatic rings. The minimum absolute atomic E-state index is 0.0785. The van der Waals surface area contributed by atoms with Gasteiger partial charge in [0.05, 0.1) is 0 Å². The second-order valence-electron chi connectivity index (χ2n) is 6.03. The molecule has 0 saturated heterocycles. The molecule has 0 bridgehead atoms. The Morgan fingerprint density at radius 3 is 2.06 bits per heavy atom. The summed E-state index contributed by atoms with van der Waals surface area (Å²) in [5, 5.41) is 3.34. The fourth-order valence-electron chi connectivity index (χ4n) is 1.15. The van der Waals surface area contributed by atoms with Crippen LogP contribution in [-0.2, 0) is 4.79 Å². The first-order valence-corrected chi connectivity index (χ1v) is 7.10. The van der Waals surface area contributed by atoms with E-state index in [2.05, 4.69) is 33.0 Å². The highest BCUT2D eigenvalue weighted by molar-refractivity contribution is 7.99. The molecule has 3 heteroatoms. The Morgan fingerprint density at radius 2 is 1.69 bits per heavy atom. The van der Waals surface area contributed by atoms with E-state index in [1.54, 1.807) is 0 Å². The molecule has 2 unspecified atom stereocenters. The van der Waals surface area contributed by atoms with Crippen LogP contribution in [0.15, 0.2) is 0 Å². The number of amides is 1. The van der Waals surface area contributed by atoms with Gasteiger partial charge in [-0.1, -0.05) is 34.6 Å². The summed E-state index contributed by atoms with van der Waals surface area (Å²) in [5.74, 6) is 1.34. The number of carbonyl (C=O) groups is 1. The molecule has 0 radical (unpaired) electrons. The van der Waals surface area contributed by atoms with E-state index < -0.39 is 0 Å². The van der Waals surface area contributed by atoms with E-state index in [0.29, 0.717) is 10.7 Å². The van der Waals surface area contributed by atoms with Gasteiger partial charge < -0.3 is 5.32 Å². The van der Waals surface area contributed by atoms with Gasteiger partial charge in [-0.05, 0) is 25.0 Å². The normalized spacial score (nSPS) is 16.0. The molecule has 0 aliphatic carbocycles. The second-order valence-corrected chi connectivity index (χ2v) is 7.39. The number of carbonyl (C=O) groups excluding carboxylic acids is 1. The van der Waals surface area contributed by atoms with Crippen molar-refractivity contribution in [2.45, 2.75) is 59.8 Å². The minimum Gasteiger partial charge on any atom is -0.354 e. The lowest BCUT2D eigenvalue weighted by molar-refractivity contribution is -0.124. The van der Waals surface area contributed by atoms with Gasteiger partial charge in [-0.2, -0.15) is 11.8 Å². The summed E-state index contributed by atoms with van der Waals surface area (Å²) in [7, 11) is 0. The van der Waals surface area contributed by atoms with Crippen molar-refractivity contribution in [1.82, 2.24) is 5.32 Å². The van der Waals surface area contributed by atoms with Crippen LogP contribution in [0.1, 0.15) is 48.5 Å². The first kappa shape index (κ1) is 15.8. The Balaban J connectivity index is 4.08. The third kappa shape index (κ3) is 7.15. The molecule has 2 atom stereocenters. The van der Waals surface area contributed by atoms with Gasteiger partial charge in [0.2, 0.25) is 5.91 Å². The summed E-state index contributed by atoms with van der Waals surface area (Å²) in [4.78, 5) is 11.8. The number of nitrogens with one attached hydrogen (secondary N) is 1. The molecule has 0 aliphatic heterocycles. The van der Waals surface area contributed by atoms with Crippen LogP contribution in [0.2, 0.25) is 0 Å². The van der Waals surface area contributed by atoms with Gasteiger partial charge in [-0.3, -0.25) is 4.79 Å². The maximum absolute atomic E-state index is 11.8. The van der Waals surface area contributed by atoms with Crippen LogP contribution >= 0.6 is 11.8 Å². The van der Waals surface area contributed by atoms with E-state index >= 15 is 0 Å². The van der Waals surface area contributed by atoms with Crippen LogP contribution in [0.25, 0.3) is 0 Å². The lowest BCUT2D eigenvalue weighted by Gasteiger charge is -2.24. The third-order valence-electron chi connectivity index (χ3n) is 2.33. The van der Waals surface area contributed by atoms with Gasteiger partial charge in [0.15, 0.2) is 0 Å². The fraction of sp³-hybridized carbons (Fsp3) is 0.923. The molecule has 0 aromatic carbocycles. The highest BCUT2D eigenvalue weighted by atomic mass is 32.2. The van der Waals surface area contributed by atoms with Crippen molar-refractivity contribution in [3.63, 3.8) is 0 Å². The average Bonchev–Trinajstić information content (AvgIpc) is 2.10. The topological polar surface area (TPSA) is 29.1 Å². The molecule has 0 rings (SSSR count). The van der Waals surface area contributed by atoms with Crippen molar-refractivity contribution in [2.24, 2.45) is 11.3 Å². The highest BCUT2D eigenvalue weighted by Crippen LogP contribution is 2.27. The van der Waals surface area contributed by atoms with Crippen molar-refractivity contribution >= 4 is 17.7 Å². The molecule has 0 fully saturated rings. The zero-order valence-electron chi connectivity index (χ0n) is 11.8. The second kappa shape index (κ2) is 6.53. The number of hydrogen-bond donors (Lipinski definition) is 1. The quantitative estimate of drug-likeness (QED) is 0.805. The Morgan fingerprint density at radius 1 is 1.19 bits per heavy atom. The van der Waals surface area contributed by atoms with E-state index in [1.165, 1.54) is 0 Å². The Hall–Kier alpha value is -0.180. The molecular formula is C13H27NOS. The largest absolute Gasteiger partial charge is 0.354 e. The number of thioether (sulfide) groups is 1. The van der Waals surface area contributed by atoms with Gasteiger partial charge >= 0.3 is 0 Å². The molecule has 2 nitrogen and oxygen atoms in total. The number of hydrogen-bond acceptors (Lipinski definition) is 2. The van der Waals surface area contributed by atoms with Gasteiger partial charge in [0, 0.05) is 17.2 Å². The van der Waals surface area contributed by atoms with Crippen LogP contribution in [0, 0.1) is 11.3 Å². The van der Waals surface area contributed by atoms with Crippen LogP contribution in [0.4, 0.5) is 0 Å². The average molecular weight is 245 g/mol. The monoisotopic (exact) mass is 245 g/mol. The van der Waals surface area contributed by atoms with Crippen molar-refractivity contribution in [3.8, 4) is 0 Å². The molecule has 1 amide bonds. The van der Waals surface area contributed by atoms with Gasteiger partial charge in [0.25, 0.3) is 0 Å². The molecule has 0 aromatic heterocycles. The van der Waals surface area contributed by atoms with Crippen LogP contribution < -0.4 is 5.32 Å². The summed E-state index contributed by atoms with van der Waals surface area (Å²) in [6.45, 7) is 14.8. The van der Waals surface area contributed by atoms with E-state index in [9.17, 15) is 4.79 Å². The summed E-state index contributed by atoms with van der Waals surface area (Å²) < 4.78 is 0. The molecule has 0 aromatic rings. The Kier molecular flexibility index (Phi) is 6.46. The maximum Gasteiger partial charge on any atom is 0.224 e. The molecule has 0 saturated carbocycles. The van der Waals surface area contributed by atoms with Crippen molar-refractivity contribution < 1.29 is 4.79 Å². The lowest BCUT2D eigenvalue weighted by atomic mass is 10.0. The van der Waals surface area contributed by atoms with E-state index in [1.807, 2.05) is 32.5 Å². The predicted octanol–water partition coefficient (Wildman–Crippen LogP) is 3.31. The summed E-state index contributed by atoms with van der Waals surface area (Å²) in [6.07, 6.45) is 0. The van der Waals surface area contributed by atoms with Crippen LogP contribution in [-0.4, -0.2) is 23.0 Å². The number of rotatable bonds is 5. The Labute approximate surface area is 105 Å². The summed E-state index contributed by atoms with van der Waals surface area (Å²) >= 11 is 1.89. The lowest BCUT2D eigenvalue weighted by Crippen LogP contribution is -2.38.